The van der Waals surface area contributed by atoms with Crippen LogP contribution >= 0.6 is 11.8 Å². The van der Waals surface area contributed by atoms with E-state index in [4.69, 9.17) is 4.42 Å². The van der Waals surface area contributed by atoms with E-state index in [9.17, 15) is 27.2 Å². The van der Waals surface area contributed by atoms with Crippen molar-refractivity contribution in [3.63, 3.8) is 0 Å². The third-order valence-corrected chi connectivity index (χ3v) is 8.11. The van der Waals surface area contributed by atoms with Gasteiger partial charge in [0.15, 0.2) is 0 Å². The van der Waals surface area contributed by atoms with Gasteiger partial charge in [0.05, 0.1) is 22.0 Å². The summed E-state index contributed by atoms with van der Waals surface area (Å²) in [6, 6.07) is 3.93. The summed E-state index contributed by atoms with van der Waals surface area (Å²) >= 11 is 1.81. The lowest BCUT2D eigenvalue weighted by atomic mass is 9.83. The summed E-state index contributed by atoms with van der Waals surface area (Å²) in [4.78, 5) is 15.7. The first-order chi connectivity index (χ1) is 18.2. The molecule has 0 bridgehead atoms. The van der Waals surface area contributed by atoms with E-state index in [0.29, 0.717) is 11.1 Å². The Morgan fingerprint density at radius 3 is 1.44 bits per heavy atom. The molecule has 1 aliphatic carbocycles. The molecule has 1 aliphatic heterocycles. The number of Topliss-reactive ketones (excluding diaryl/α,β-unsaturated/α-hetero) is 1. The maximum atomic E-state index is 13.2. The Kier molecular flexibility index (Phi) is 9.82. The van der Waals surface area contributed by atoms with Gasteiger partial charge in [-0.3, -0.25) is 4.79 Å². The molecule has 0 atom stereocenters. The molecule has 0 saturated heterocycles. The largest absolute Gasteiger partial charge is 0.673 e. The summed E-state index contributed by atoms with van der Waals surface area (Å²) in [6.45, 7) is 25.8. The molecule has 0 amide bonds. The van der Waals surface area contributed by atoms with Gasteiger partial charge in [0.1, 0.15) is 5.76 Å². The summed E-state index contributed by atoms with van der Waals surface area (Å²) in [5.74, 6) is 1.61. The fourth-order valence-electron chi connectivity index (χ4n) is 3.73. The summed E-state index contributed by atoms with van der Waals surface area (Å²) in [7, 11) is -6.00. The number of hydrogen-bond donors (Lipinski definition) is 1. The minimum atomic E-state index is -6.00. The lowest BCUT2D eigenvalue weighted by Gasteiger charge is -2.32. The maximum Gasteiger partial charge on any atom is 0.673 e. The van der Waals surface area contributed by atoms with Gasteiger partial charge in [-0.2, -0.15) is 0 Å². The monoisotopic (exact) mass is 594 g/mol. The van der Waals surface area contributed by atoms with Crippen LogP contribution in [0.2, 0.25) is 0 Å². The molecule has 0 unspecified atom stereocenters. The molecule has 0 radical (unpaired) electrons. The third-order valence-electron chi connectivity index (χ3n) is 6.21. The van der Waals surface area contributed by atoms with Crippen LogP contribution in [0.3, 0.4) is 0 Å². The third kappa shape index (κ3) is 9.76. The number of thioether (sulfide) groups is 1. The van der Waals surface area contributed by atoms with Gasteiger partial charge >= 0.3 is 18.8 Å². The zero-order valence-corrected chi connectivity index (χ0v) is 27.0. The summed E-state index contributed by atoms with van der Waals surface area (Å²) < 4.78 is 45.2. The van der Waals surface area contributed by atoms with Crippen molar-refractivity contribution in [2.75, 3.05) is 0 Å². The molecule has 0 saturated carbocycles. The molecular formula is C32H43BF4O3S. The van der Waals surface area contributed by atoms with Crippen molar-refractivity contribution in [2.45, 2.75) is 93.9 Å². The number of ketones is 1. The summed E-state index contributed by atoms with van der Waals surface area (Å²) in [5.41, 5.74) is 2.14. The topological polar surface area (TPSA) is 48.6 Å². The molecule has 3 rings (SSSR count). The van der Waals surface area contributed by atoms with Gasteiger partial charge < -0.3 is 22.4 Å². The highest BCUT2D eigenvalue weighted by Gasteiger charge is 2.36. The van der Waals surface area contributed by atoms with Crippen molar-refractivity contribution in [1.29, 1.82) is 0 Å². The van der Waals surface area contributed by atoms with E-state index in [-0.39, 0.29) is 33.2 Å². The van der Waals surface area contributed by atoms with E-state index >= 15 is 0 Å². The van der Waals surface area contributed by atoms with Crippen LogP contribution in [0.5, 0.6) is 0 Å². The number of allylic oxidation sites excluding steroid dienone is 8. The minimum Gasteiger partial charge on any atom is -0.506 e. The highest BCUT2D eigenvalue weighted by molar-refractivity contribution is 8.06. The van der Waals surface area contributed by atoms with Crippen LogP contribution in [0.25, 0.3) is 6.08 Å². The van der Waals surface area contributed by atoms with Gasteiger partial charge in [-0.25, -0.2) is 4.42 Å². The minimum absolute atomic E-state index is 0.00643. The van der Waals surface area contributed by atoms with Gasteiger partial charge in [-0.15, -0.1) is 0 Å². The van der Waals surface area contributed by atoms with Crippen LogP contribution in [-0.2, 0) is 15.6 Å². The Balaban J connectivity index is 0.00000108. The van der Waals surface area contributed by atoms with Crippen molar-refractivity contribution in [3.8, 4) is 0 Å². The maximum absolute atomic E-state index is 13.2. The smallest absolute Gasteiger partial charge is 0.506 e. The van der Waals surface area contributed by atoms with Crippen molar-refractivity contribution >= 4 is 30.9 Å². The highest BCUT2D eigenvalue weighted by Crippen LogP contribution is 2.49. The van der Waals surface area contributed by atoms with E-state index < -0.39 is 7.25 Å². The van der Waals surface area contributed by atoms with E-state index in [2.05, 4.69) is 95.2 Å². The first kappa shape index (κ1) is 34.7. The molecule has 0 aromatic carbocycles. The second-order valence-corrected chi connectivity index (χ2v) is 15.6. The number of aliphatic hydroxyl groups is 1. The number of hydrogen-bond acceptors (Lipinski definition) is 3. The first-order valence-corrected chi connectivity index (χ1v) is 14.4. The average molecular weight is 595 g/mol. The second kappa shape index (κ2) is 11.6. The van der Waals surface area contributed by atoms with Crippen molar-refractivity contribution in [1.82, 2.24) is 0 Å². The van der Waals surface area contributed by atoms with Crippen LogP contribution < -0.4 is 0 Å². The molecule has 2 aliphatic rings. The SMILES string of the molecule is CC(C)(C)C1=CC(=CC2=C(O)/C(=C\c3cc(C(C)(C)C)[o+]c(C(C)(C)C)c3)C2=O)C=C(C(C)(C)C)S1.F[B-](F)(F)F. The fourth-order valence-corrected chi connectivity index (χ4v) is 4.97. The standard InChI is InChI=1S/C32H42O3S.BF4/c1-29(2,3)23-15-19(16-24(35-23)30(4,5)6)13-21-27(33)22(28(21)34)14-20-17-25(31(7,8)9)36-26(18-20)32(10,11)12;2-1(3,4)5/h13-18H,1-12H3;/q;-1/p+1. The Morgan fingerprint density at radius 1 is 0.732 bits per heavy atom. The van der Waals surface area contributed by atoms with Gasteiger partial charge in [0.25, 0.3) is 0 Å². The predicted octanol–water partition coefficient (Wildman–Crippen LogP) is 10.8. The number of carbonyl (C=O) groups is 1. The lowest BCUT2D eigenvalue weighted by Crippen LogP contribution is -2.22. The molecule has 0 spiro atoms. The Morgan fingerprint density at radius 2 is 1.12 bits per heavy atom. The van der Waals surface area contributed by atoms with Gasteiger partial charge in [0.2, 0.25) is 5.78 Å². The molecule has 0 fully saturated rings. The second-order valence-electron chi connectivity index (χ2n) is 14.5. The molecule has 9 heteroatoms. The first-order valence-electron chi connectivity index (χ1n) is 13.6. The van der Waals surface area contributed by atoms with Crippen LogP contribution in [-0.4, -0.2) is 18.1 Å². The molecule has 1 aromatic rings. The number of aliphatic hydroxyl groups excluding tert-OH is 1. The highest BCUT2D eigenvalue weighted by atomic mass is 32.2. The zero-order valence-electron chi connectivity index (χ0n) is 26.2. The van der Waals surface area contributed by atoms with Crippen LogP contribution in [0.4, 0.5) is 17.3 Å². The fraction of sp³-hybridized carbons (Fsp3) is 0.500. The summed E-state index contributed by atoms with van der Waals surface area (Å²) in [6.07, 6.45) is 7.88. The van der Waals surface area contributed by atoms with E-state index in [1.54, 1.807) is 6.08 Å². The Hall–Kier alpha value is -2.55. The van der Waals surface area contributed by atoms with Crippen molar-refractivity contribution < 1.29 is 31.6 Å². The molecule has 41 heavy (non-hydrogen) atoms. The average Bonchev–Trinajstić information content (AvgIpc) is 2.77. The predicted molar refractivity (Wildman–Crippen MR) is 164 cm³/mol. The Labute approximate surface area is 246 Å². The zero-order chi connectivity index (χ0) is 31.9. The number of rotatable bonds is 2. The van der Waals surface area contributed by atoms with Crippen molar-refractivity contribution in [3.05, 3.63) is 79.7 Å². The molecule has 226 valence electrons. The Bertz CT molecular complexity index is 1280. The normalized spacial score (nSPS) is 18.0. The molecule has 1 aromatic heterocycles. The molecule has 2 heterocycles. The van der Waals surface area contributed by atoms with Crippen LogP contribution in [0.15, 0.2) is 67.1 Å². The molecular weight excluding hydrogens is 551 g/mol. The summed E-state index contributed by atoms with van der Waals surface area (Å²) in [5, 5.41) is 10.9. The van der Waals surface area contributed by atoms with E-state index in [1.807, 2.05) is 30.0 Å². The van der Waals surface area contributed by atoms with Gasteiger partial charge in [-0.05, 0) is 97.6 Å². The molecule has 3 nitrogen and oxygen atoms in total. The van der Waals surface area contributed by atoms with Gasteiger partial charge in [0, 0.05) is 12.1 Å². The van der Waals surface area contributed by atoms with Crippen LogP contribution in [0.1, 0.15) is 100 Å². The van der Waals surface area contributed by atoms with Gasteiger partial charge in [-0.1, -0.05) is 53.3 Å². The number of carbonyl (C=O) groups excluding carboxylic acids is 1. The number of halogens is 4. The quantitative estimate of drug-likeness (QED) is 0.160. The lowest BCUT2D eigenvalue weighted by molar-refractivity contribution is -0.113. The van der Waals surface area contributed by atoms with Crippen molar-refractivity contribution in [2.24, 2.45) is 10.8 Å². The van der Waals surface area contributed by atoms with E-state index in [0.717, 1.165) is 22.7 Å². The van der Waals surface area contributed by atoms with Crippen LogP contribution in [0, 0.1) is 10.8 Å². The van der Waals surface area contributed by atoms with E-state index in [1.165, 1.54) is 9.81 Å². The molecule has 1 N–H and O–H groups in total.